The third kappa shape index (κ3) is 3.38. The van der Waals surface area contributed by atoms with E-state index in [1.807, 2.05) is 44.2 Å². The number of benzene rings is 1. The average Bonchev–Trinajstić information content (AvgIpc) is 3.32. The minimum Gasteiger partial charge on any atom is -0.441 e. The van der Waals surface area contributed by atoms with Gasteiger partial charge in [0, 0.05) is 24.4 Å². The average molecular weight is 298 g/mol. The first kappa shape index (κ1) is 14.8. The van der Waals surface area contributed by atoms with Crippen LogP contribution >= 0.6 is 0 Å². The van der Waals surface area contributed by atoms with Crippen LogP contribution in [0.2, 0.25) is 0 Å². The molecular formula is C18H22N2O2. The minimum absolute atomic E-state index is 0.137. The summed E-state index contributed by atoms with van der Waals surface area (Å²) in [5.74, 6) is 2.36. The van der Waals surface area contributed by atoms with E-state index in [4.69, 9.17) is 4.42 Å². The molecule has 3 rings (SSSR count). The molecule has 1 aliphatic rings. The van der Waals surface area contributed by atoms with Gasteiger partial charge in [-0.05, 0) is 37.8 Å². The van der Waals surface area contributed by atoms with E-state index in [0.29, 0.717) is 24.8 Å². The van der Waals surface area contributed by atoms with Gasteiger partial charge in [0.25, 0.3) is 0 Å². The van der Waals surface area contributed by atoms with E-state index >= 15 is 0 Å². The lowest BCUT2D eigenvalue weighted by Crippen LogP contribution is -2.31. The number of carbonyl (C=O) groups is 1. The van der Waals surface area contributed by atoms with E-state index in [2.05, 4.69) is 10.3 Å². The fourth-order valence-corrected chi connectivity index (χ4v) is 2.64. The highest BCUT2D eigenvalue weighted by atomic mass is 16.4. The van der Waals surface area contributed by atoms with E-state index in [0.717, 1.165) is 17.0 Å². The number of amides is 1. The Balaban J connectivity index is 1.56. The molecule has 1 unspecified atom stereocenters. The van der Waals surface area contributed by atoms with Gasteiger partial charge in [-0.3, -0.25) is 4.79 Å². The summed E-state index contributed by atoms with van der Waals surface area (Å²) in [7, 11) is 0. The predicted molar refractivity (Wildman–Crippen MR) is 85.3 cm³/mol. The Labute approximate surface area is 130 Å². The maximum absolute atomic E-state index is 12.0. The fraction of sp³-hybridized carbons (Fsp3) is 0.444. The largest absolute Gasteiger partial charge is 0.441 e. The van der Waals surface area contributed by atoms with Crippen LogP contribution in [0.1, 0.15) is 31.2 Å². The van der Waals surface area contributed by atoms with Gasteiger partial charge in [0.2, 0.25) is 11.8 Å². The third-order valence-electron chi connectivity index (χ3n) is 4.32. The molecule has 0 bridgehead atoms. The number of oxazole rings is 1. The van der Waals surface area contributed by atoms with Crippen LogP contribution in [0.5, 0.6) is 0 Å². The maximum atomic E-state index is 12.0. The smallest absolute Gasteiger partial charge is 0.226 e. The summed E-state index contributed by atoms with van der Waals surface area (Å²) in [6, 6.07) is 9.86. The Bertz CT molecular complexity index is 644. The Hall–Kier alpha value is -2.10. The minimum atomic E-state index is 0.137. The van der Waals surface area contributed by atoms with Crippen LogP contribution in [0.15, 0.2) is 34.7 Å². The van der Waals surface area contributed by atoms with Crippen molar-refractivity contribution in [2.75, 3.05) is 6.54 Å². The second-order valence-corrected chi connectivity index (χ2v) is 6.06. The highest BCUT2D eigenvalue weighted by Gasteiger charge is 2.32. The molecule has 1 N–H and O–H groups in total. The molecule has 116 valence electrons. The molecule has 1 aliphatic carbocycles. The van der Waals surface area contributed by atoms with Gasteiger partial charge in [-0.1, -0.05) is 25.1 Å². The number of nitrogens with zero attached hydrogens (tertiary/aromatic N) is 1. The lowest BCUT2D eigenvalue weighted by molar-refractivity contribution is -0.125. The molecule has 1 aromatic heterocycles. The van der Waals surface area contributed by atoms with Crippen LogP contribution < -0.4 is 5.32 Å². The van der Waals surface area contributed by atoms with Gasteiger partial charge in [-0.2, -0.15) is 0 Å². The zero-order chi connectivity index (χ0) is 15.5. The van der Waals surface area contributed by atoms with E-state index in [1.165, 1.54) is 12.8 Å². The number of nitrogens with one attached hydrogen (secondary N) is 1. The van der Waals surface area contributed by atoms with Gasteiger partial charge in [0.05, 0.1) is 5.69 Å². The van der Waals surface area contributed by atoms with Crippen molar-refractivity contribution in [1.82, 2.24) is 10.3 Å². The topological polar surface area (TPSA) is 55.1 Å². The molecule has 4 heteroatoms. The molecule has 1 atom stereocenters. The molecule has 0 radical (unpaired) electrons. The van der Waals surface area contributed by atoms with E-state index in [-0.39, 0.29) is 11.8 Å². The molecule has 1 saturated carbocycles. The first-order valence-electron chi connectivity index (χ1n) is 7.94. The Morgan fingerprint density at radius 2 is 2.09 bits per heavy atom. The summed E-state index contributed by atoms with van der Waals surface area (Å²) in [5.41, 5.74) is 1.89. The monoisotopic (exact) mass is 298 g/mol. The Morgan fingerprint density at radius 3 is 2.77 bits per heavy atom. The lowest BCUT2D eigenvalue weighted by atomic mass is 10.1. The van der Waals surface area contributed by atoms with Crippen LogP contribution in [-0.2, 0) is 11.2 Å². The van der Waals surface area contributed by atoms with Crippen LogP contribution in [0.3, 0.4) is 0 Å². The standard InChI is InChI=1S/C18H22N2O2/c1-12(14-8-9-14)17(21)19-11-10-16-13(2)22-18(20-16)15-6-4-3-5-7-15/h3-7,12,14H,8-11H2,1-2H3,(H,19,21). The number of rotatable bonds is 6. The highest BCUT2D eigenvalue weighted by molar-refractivity contribution is 5.78. The van der Waals surface area contributed by atoms with Crippen LogP contribution in [-0.4, -0.2) is 17.4 Å². The molecule has 1 heterocycles. The molecule has 4 nitrogen and oxygen atoms in total. The Kier molecular flexibility index (Phi) is 4.27. The lowest BCUT2D eigenvalue weighted by Gasteiger charge is -2.10. The summed E-state index contributed by atoms with van der Waals surface area (Å²) in [5, 5.41) is 3.01. The highest BCUT2D eigenvalue weighted by Crippen LogP contribution is 2.36. The van der Waals surface area contributed by atoms with Gasteiger partial charge >= 0.3 is 0 Å². The molecule has 0 saturated heterocycles. The fourth-order valence-electron chi connectivity index (χ4n) is 2.64. The quantitative estimate of drug-likeness (QED) is 0.889. The van der Waals surface area contributed by atoms with E-state index in [9.17, 15) is 4.79 Å². The maximum Gasteiger partial charge on any atom is 0.226 e. The first-order valence-corrected chi connectivity index (χ1v) is 7.94. The predicted octanol–water partition coefficient (Wildman–Crippen LogP) is 3.35. The molecule has 22 heavy (non-hydrogen) atoms. The molecule has 1 amide bonds. The van der Waals surface area contributed by atoms with Gasteiger partial charge in [0.1, 0.15) is 5.76 Å². The SMILES string of the molecule is Cc1oc(-c2ccccc2)nc1CCNC(=O)C(C)C1CC1. The van der Waals surface area contributed by atoms with Crippen molar-refractivity contribution in [3.05, 3.63) is 41.8 Å². The van der Waals surface area contributed by atoms with Crippen molar-refractivity contribution < 1.29 is 9.21 Å². The first-order chi connectivity index (χ1) is 10.6. The van der Waals surface area contributed by atoms with Gasteiger partial charge < -0.3 is 9.73 Å². The number of hydrogen-bond donors (Lipinski definition) is 1. The van der Waals surface area contributed by atoms with Crippen molar-refractivity contribution in [1.29, 1.82) is 0 Å². The molecule has 0 aliphatic heterocycles. The zero-order valence-corrected chi connectivity index (χ0v) is 13.1. The summed E-state index contributed by atoms with van der Waals surface area (Å²) >= 11 is 0. The summed E-state index contributed by atoms with van der Waals surface area (Å²) < 4.78 is 5.73. The molecule has 0 spiro atoms. The van der Waals surface area contributed by atoms with Crippen molar-refractivity contribution >= 4 is 5.91 Å². The van der Waals surface area contributed by atoms with Gasteiger partial charge in [-0.15, -0.1) is 0 Å². The van der Waals surface area contributed by atoms with E-state index < -0.39 is 0 Å². The molecule has 1 aromatic carbocycles. The summed E-state index contributed by atoms with van der Waals surface area (Å²) in [6.45, 7) is 4.54. The van der Waals surface area contributed by atoms with Gasteiger partial charge in [0.15, 0.2) is 0 Å². The van der Waals surface area contributed by atoms with Crippen molar-refractivity contribution in [2.24, 2.45) is 11.8 Å². The van der Waals surface area contributed by atoms with Crippen LogP contribution in [0.25, 0.3) is 11.5 Å². The molecular weight excluding hydrogens is 276 g/mol. The number of aromatic nitrogens is 1. The number of aryl methyl sites for hydroxylation is 1. The number of carbonyl (C=O) groups excluding carboxylic acids is 1. The van der Waals surface area contributed by atoms with Gasteiger partial charge in [-0.25, -0.2) is 4.98 Å². The van der Waals surface area contributed by atoms with Crippen molar-refractivity contribution in [3.8, 4) is 11.5 Å². The van der Waals surface area contributed by atoms with Crippen molar-refractivity contribution in [2.45, 2.75) is 33.1 Å². The molecule has 1 fully saturated rings. The zero-order valence-electron chi connectivity index (χ0n) is 13.1. The third-order valence-corrected chi connectivity index (χ3v) is 4.32. The van der Waals surface area contributed by atoms with Crippen LogP contribution in [0, 0.1) is 18.8 Å². The normalized spacial score (nSPS) is 15.5. The van der Waals surface area contributed by atoms with E-state index in [1.54, 1.807) is 0 Å². The van der Waals surface area contributed by atoms with Crippen LogP contribution in [0.4, 0.5) is 0 Å². The summed E-state index contributed by atoms with van der Waals surface area (Å²) in [6.07, 6.45) is 3.08. The second-order valence-electron chi connectivity index (χ2n) is 6.06. The second kappa shape index (κ2) is 6.34. The molecule has 2 aromatic rings. The summed E-state index contributed by atoms with van der Waals surface area (Å²) in [4.78, 5) is 16.5. The number of hydrogen-bond acceptors (Lipinski definition) is 3. The Morgan fingerprint density at radius 1 is 1.36 bits per heavy atom. The van der Waals surface area contributed by atoms with Crippen molar-refractivity contribution in [3.63, 3.8) is 0 Å².